The third-order valence-electron chi connectivity index (χ3n) is 2.72. The van der Waals surface area contributed by atoms with Crippen LogP contribution in [0.1, 0.15) is 40.0 Å². The van der Waals surface area contributed by atoms with Crippen LogP contribution in [0.4, 0.5) is 0 Å². The fourth-order valence-electron chi connectivity index (χ4n) is 1.89. The number of rotatable bonds is 0. The Morgan fingerprint density at radius 2 is 2.00 bits per heavy atom. The average Bonchev–Trinajstić information content (AvgIpc) is 2.23. The standard InChI is InChI=1S/C12H18O/c1-4-10-7-6-9(3)8-12(13)11(10)5-2/h4-5,9H,6-8H2,1-3H3/b10-4-,11-5+. The molecular formula is C12H18O. The molecule has 1 heteroatoms. The Balaban J connectivity index is 2.95. The molecule has 0 aromatic heterocycles. The molecule has 0 spiro atoms. The summed E-state index contributed by atoms with van der Waals surface area (Å²) in [6, 6.07) is 0. The molecule has 0 aromatic carbocycles. The Morgan fingerprint density at radius 1 is 1.31 bits per heavy atom. The molecule has 1 aliphatic carbocycles. The van der Waals surface area contributed by atoms with Crippen molar-refractivity contribution in [2.24, 2.45) is 5.92 Å². The van der Waals surface area contributed by atoms with Gasteiger partial charge in [0.25, 0.3) is 0 Å². The number of Topliss-reactive ketones (excluding diaryl/α,β-unsaturated/α-hetero) is 1. The molecule has 0 radical (unpaired) electrons. The second kappa shape index (κ2) is 4.40. The number of carbonyl (C=O) groups is 1. The summed E-state index contributed by atoms with van der Waals surface area (Å²) in [5.74, 6) is 0.862. The summed E-state index contributed by atoms with van der Waals surface area (Å²) in [5, 5.41) is 0. The molecule has 0 amide bonds. The first-order chi connectivity index (χ1) is 6.19. The normalized spacial score (nSPS) is 31.0. The first-order valence-electron chi connectivity index (χ1n) is 5.04. The Hall–Kier alpha value is -0.850. The van der Waals surface area contributed by atoms with E-state index < -0.39 is 0 Å². The number of hydrogen-bond acceptors (Lipinski definition) is 1. The summed E-state index contributed by atoms with van der Waals surface area (Å²) in [7, 11) is 0. The zero-order valence-electron chi connectivity index (χ0n) is 8.76. The Bertz CT molecular complexity index is 258. The van der Waals surface area contributed by atoms with Crippen molar-refractivity contribution < 1.29 is 4.79 Å². The molecule has 0 N–H and O–H groups in total. The summed E-state index contributed by atoms with van der Waals surface area (Å²) in [6.07, 6.45) is 6.95. The minimum absolute atomic E-state index is 0.320. The second-order valence-corrected chi connectivity index (χ2v) is 3.79. The lowest BCUT2D eigenvalue weighted by Crippen LogP contribution is -2.04. The van der Waals surface area contributed by atoms with Crippen LogP contribution in [-0.2, 0) is 4.79 Å². The van der Waals surface area contributed by atoms with Gasteiger partial charge in [-0.05, 0) is 38.2 Å². The highest BCUT2D eigenvalue weighted by molar-refractivity contribution is 5.99. The Labute approximate surface area is 80.5 Å². The molecule has 1 saturated carbocycles. The lowest BCUT2D eigenvalue weighted by Gasteiger charge is -2.04. The first kappa shape index (κ1) is 10.2. The predicted octanol–water partition coefficient (Wildman–Crippen LogP) is 3.27. The monoisotopic (exact) mass is 178 g/mol. The largest absolute Gasteiger partial charge is 0.294 e. The van der Waals surface area contributed by atoms with E-state index in [2.05, 4.69) is 13.0 Å². The first-order valence-corrected chi connectivity index (χ1v) is 5.04. The van der Waals surface area contributed by atoms with Gasteiger partial charge in [0, 0.05) is 12.0 Å². The van der Waals surface area contributed by atoms with E-state index in [0.29, 0.717) is 11.7 Å². The van der Waals surface area contributed by atoms with Crippen molar-refractivity contribution in [3.8, 4) is 0 Å². The number of carbonyl (C=O) groups excluding carboxylic acids is 1. The predicted molar refractivity (Wildman–Crippen MR) is 55.5 cm³/mol. The van der Waals surface area contributed by atoms with Gasteiger partial charge in [0.1, 0.15) is 0 Å². The molecule has 1 atom stereocenters. The average molecular weight is 178 g/mol. The molecule has 1 unspecified atom stereocenters. The summed E-state index contributed by atoms with van der Waals surface area (Å²) < 4.78 is 0. The van der Waals surface area contributed by atoms with Gasteiger partial charge in [-0.2, -0.15) is 0 Å². The van der Waals surface area contributed by atoms with Gasteiger partial charge in [0.05, 0.1) is 0 Å². The fourth-order valence-corrected chi connectivity index (χ4v) is 1.89. The van der Waals surface area contributed by atoms with Crippen LogP contribution in [0.25, 0.3) is 0 Å². The highest BCUT2D eigenvalue weighted by Gasteiger charge is 2.20. The number of allylic oxidation sites excluding steroid dienone is 4. The van der Waals surface area contributed by atoms with Gasteiger partial charge >= 0.3 is 0 Å². The lowest BCUT2D eigenvalue weighted by molar-refractivity contribution is -0.115. The highest BCUT2D eigenvalue weighted by Crippen LogP contribution is 2.28. The van der Waals surface area contributed by atoms with Crippen LogP contribution in [0.2, 0.25) is 0 Å². The van der Waals surface area contributed by atoms with Gasteiger partial charge in [-0.1, -0.05) is 19.1 Å². The van der Waals surface area contributed by atoms with Crippen LogP contribution in [-0.4, -0.2) is 5.78 Å². The molecule has 1 fully saturated rings. The molecule has 0 heterocycles. The van der Waals surface area contributed by atoms with E-state index in [1.165, 1.54) is 5.57 Å². The zero-order chi connectivity index (χ0) is 9.84. The topological polar surface area (TPSA) is 17.1 Å². The maximum absolute atomic E-state index is 11.7. The fraction of sp³-hybridized carbons (Fsp3) is 0.583. The maximum atomic E-state index is 11.7. The number of hydrogen-bond donors (Lipinski definition) is 0. The number of ketones is 1. The Morgan fingerprint density at radius 3 is 2.54 bits per heavy atom. The van der Waals surface area contributed by atoms with Crippen molar-refractivity contribution in [2.75, 3.05) is 0 Å². The van der Waals surface area contributed by atoms with Gasteiger partial charge in [-0.3, -0.25) is 4.79 Å². The van der Waals surface area contributed by atoms with Gasteiger partial charge in [0.15, 0.2) is 5.78 Å². The van der Waals surface area contributed by atoms with Gasteiger partial charge in [-0.25, -0.2) is 0 Å². The van der Waals surface area contributed by atoms with Crippen molar-refractivity contribution in [1.29, 1.82) is 0 Å². The van der Waals surface area contributed by atoms with Crippen LogP contribution in [0.3, 0.4) is 0 Å². The van der Waals surface area contributed by atoms with Crippen LogP contribution in [0.5, 0.6) is 0 Å². The smallest absolute Gasteiger partial charge is 0.163 e. The molecule has 1 rings (SSSR count). The quantitative estimate of drug-likeness (QED) is 0.411. The lowest BCUT2D eigenvalue weighted by atomic mass is 10.00. The minimum Gasteiger partial charge on any atom is -0.294 e. The van der Waals surface area contributed by atoms with Crippen molar-refractivity contribution in [3.63, 3.8) is 0 Å². The molecule has 1 nitrogen and oxygen atoms in total. The van der Waals surface area contributed by atoms with Crippen LogP contribution >= 0.6 is 0 Å². The van der Waals surface area contributed by atoms with Crippen LogP contribution < -0.4 is 0 Å². The van der Waals surface area contributed by atoms with E-state index in [9.17, 15) is 4.79 Å². The maximum Gasteiger partial charge on any atom is 0.163 e. The van der Waals surface area contributed by atoms with E-state index in [4.69, 9.17) is 0 Å². The SMILES string of the molecule is C/C=C1/CCC(C)CC(=O)/C1=C/C. The van der Waals surface area contributed by atoms with E-state index in [0.717, 1.165) is 24.8 Å². The van der Waals surface area contributed by atoms with Crippen molar-refractivity contribution in [2.45, 2.75) is 40.0 Å². The summed E-state index contributed by atoms with van der Waals surface area (Å²) in [4.78, 5) is 11.7. The van der Waals surface area contributed by atoms with Gasteiger partial charge in [-0.15, -0.1) is 0 Å². The molecule has 0 aromatic rings. The zero-order valence-corrected chi connectivity index (χ0v) is 8.76. The molecule has 13 heavy (non-hydrogen) atoms. The molecular weight excluding hydrogens is 160 g/mol. The van der Waals surface area contributed by atoms with Crippen molar-refractivity contribution in [3.05, 3.63) is 23.3 Å². The van der Waals surface area contributed by atoms with E-state index in [1.807, 2.05) is 19.9 Å². The molecule has 0 aliphatic heterocycles. The van der Waals surface area contributed by atoms with E-state index >= 15 is 0 Å². The molecule has 0 saturated heterocycles. The van der Waals surface area contributed by atoms with E-state index in [1.54, 1.807) is 0 Å². The molecule has 72 valence electrons. The highest BCUT2D eigenvalue weighted by atomic mass is 16.1. The third-order valence-corrected chi connectivity index (χ3v) is 2.72. The summed E-state index contributed by atoms with van der Waals surface area (Å²) in [6.45, 7) is 6.12. The van der Waals surface area contributed by atoms with Gasteiger partial charge < -0.3 is 0 Å². The van der Waals surface area contributed by atoms with Crippen molar-refractivity contribution in [1.82, 2.24) is 0 Å². The van der Waals surface area contributed by atoms with Gasteiger partial charge in [0.2, 0.25) is 0 Å². The Kier molecular flexibility index (Phi) is 3.47. The van der Waals surface area contributed by atoms with Crippen molar-refractivity contribution >= 4 is 5.78 Å². The van der Waals surface area contributed by atoms with Crippen LogP contribution in [0.15, 0.2) is 23.3 Å². The summed E-state index contributed by atoms with van der Waals surface area (Å²) in [5.41, 5.74) is 2.18. The van der Waals surface area contributed by atoms with Crippen LogP contribution in [0, 0.1) is 5.92 Å². The molecule has 0 bridgehead atoms. The summed E-state index contributed by atoms with van der Waals surface area (Å²) >= 11 is 0. The minimum atomic E-state index is 0.320. The second-order valence-electron chi connectivity index (χ2n) is 3.79. The third kappa shape index (κ3) is 2.30. The molecule has 1 aliphatic rings. The van der Waals surface area contributed by atoms with E-state index in [-0.39, 0.29) is 0 Å².